The topological polar surface area (TPSA) is 20.2 Å². The van der Waals surface area contributed by atoms with Crippen LogP contribution in [0.5, 0.6) is 0 Å². The van der Waals surface area contributed by atoms with E-state index in [-0.39, 0.29) is 6.10 Å². The van der Waals surface area contributed by atoms with Crippen molar-refractivity contribution < 1.29 is 5.11 Å². The number of hydrogen-bond donors (Lipinski definition) is 1. The third-order valence-electron chi connectivity index (χ3n) is 7.21. The van der Waals surface area contributed by atoms with Crippen LogP contribution in [0.3, 0.4) is 0 Å². The van der Waals surface area contributed by atoms with Crippen molar-refractivity contribution in [2.24, 2.45) is 23.2 Å². The number of aliphatic hydroxyl groups excluding tert-OH is 1. The van der Waals surface area contributed by atoms with Crippen LogP contribution in [0, 0.1) is 23.2 Å². The highest BCUT2D eigenvalue weighted by Gasteiger charge is 2.51. The van der Waals surface area contributed by atoms with Gasteiger partial charge in [-0.3, -0.25) is 0 Å². The molecule has 0 spiro atoms. The second kappa shape index (κ2) is 4.84. The first-order valence-electron chi connectivity index (χ1n) is 8.85. The first-order chi connectivity index (χ1) is 10.1. The number of allylic oxidation sites excluding steroid dienone is 4. The summed E-state index contributed by atoms with van der Waals surface area (Å²) < 4.78 is 0. The van der Waals surface area contributed by atoms with Gasteiger partial charge in [-0.1, -0.05) is 36.8 Å². The highest BCUT2D eigenvalue weighted by atomic mass is 16.3. The van der Waals surface area contributed by atoms with Gasteiger partial charge in [-0.2, -0.15) is 0 Å². The Bertz CT molecular complexity index is 526. The molecule has 0 radical (unpaired) electrons. The molecule has 1 nitrogen and oxygen atoms in total. The van der Waals surface area contributed by atoms with E-state index in [0.29, 0.717) is 5.41 Å². The molecule has 1 heteroatoms. The summed E-state index contributed by atoms with van der Waals surface area (Å²) in [5, 5.41) is 9.95. The van der Waals surface area contributed by atoms with Crippen LogP contribution in [-0.4, -0.2) is 11.2 Å². The van der Waals surface area contributed by atoms with Gasteiger partial charge in [0.05, 0.1) is 6.10 Å². The minimum Gasteiger partial charge on any atom is -0.393 e. The molecule has 0 aliphatic heterocycles. The van der Waals surface area contributed by atoms with Crippen molar-refractivity contribution in [1.29, 1.82) is 0 Å². The molecule has 114 valence electrons. The van der Waals surface area contributed by atoms with Gasteiger partial charge in [0.15, 0.2) is 0 Å². The maximum atomic E-state index is 9.95. The lowest BCUT2D eigenvalue weighted by molar-refractivity contribution is 0.0513. The standard InChI is InChI=1S/C20H28O/c1-3-14-5-9-19-18-7-4-13-12-15(21)6-8-16(13)17(18)10-11-20(14,19)2/h3,5,15,17-19,21H,1,4,6-12H2,2H3. The fraction of sp³-hybridized carbons (Fsp3) is 0.700. The molecule has 5 unspecified atom stereocenters. The zero-order valence-electron chi connectivity index (χ0n) is 13.3. The van der Waals surface area contributed by atoms with Crippen LogP contribution in [-0.2, 0) is 0 Å². The fourth-order valence-corrected chi connectivity index (χ4v) is 6.11. The van der Waals surface area contributed by atoms with Crippen LogP contribution >= 0.6 is 0 Å². The molecule has 0 aromatic heterocycles. The van der Waals surface area contributed by atoms with Crippen molar-refractivity contribution in [2.75, 3.05) is 0 Å². The molecule has 0 amide bonds. The molecule has 21 heavy (non-hydrogen) atoms. The van der Waals surface area contributed by atoms with Gasteiger partial charge in [-0.15, -0.1) is 0 Å². The first-order valence-corrected chi connectivity index (χ1v) is 8.85. The van der Waals surface area contributed by atoms with Crippen LogP contribution < -0.4 is 0 Å². The highest BCUT2D eigenvalue weighted by Crippen LogP contribution is 2.61. The SMILES string of the molecule is C=CC1=CCC2C3CCC4=C(CCC(O)C4)C3CCC12C. The molecule has 0 heterocycles. The summed E-state index contributed by atoms with van der Waals surface area (Å²) >= 11 is 0. The van der Waals surface area contributed by atoms with Gasteiger partial charge in [0.1, 0.15) is 0 Å². The van der Waals surface area contributed by atoms with Crippen LogP contribution in [0.2, 0.25) is 0 Å². The molecule has 4 aliphatic rings. The molecule has 0 aromatic carbocycles. The lowest BCUT2D eigenvalue weighted by atomic mass is 9.53. The zero-order valence-corrected chi connectivity index (χ0v) is 13.3. The first kappa shape index (κ1) is 13.8. The maximum Gasteiger partial charge on any atom is 0.0580 e. The summed E-state index contributed by atoms with van der Waals surface area (Å²) in [7, 11) is 0. The Balaban J connectivity index is 1.64. The second-order valence-electron chi connectivity index (χ2n) is 8.00. The lowest BCUT2D eigenvalue weighted by Gasteiger charge is -2.51. The molecule has 1 saturated carbocycles. The number of aliphatic hydroxyl groups is 1. The Morgan fingerprint density at radius 1 is 1.29 bits per heavy atom. The van der Waals surface area contributed by atoms with Crippen LogP contribution in [0.25, 0.3) is 0 Å². The monoisotopic (exact) mass is 284 g/mol. The van der Waals surface area contributed by atoms with Gasteiger partial charge in [0, 0.05) is 0 Å². The molecule has 4 aliphatic carbocycles. The summed E-state index contributed by atoms with van der Waals surface area (Å²) in [6.07, 6.45) is 14.2. The van der Waals surface area contributed by atoms with E-state index in [9.17, 15) is 5.11 Å². The fourth-order valence-electron chi connectivity index (χ4n) is 6.11. The van der Waals surface area contributed by atoms with E-state index in [1.807, 2.05) is 0 Å². The lowest BCUT2D eigenvalue weighted by Crippen LogP contribution is -2.43. The second-order valence-corrected chi connectivity index (χ2v) is 8.00. The third kappa shape index (κ3) is 1.93. The molecule has 1 N–H and O–H groups in total. The summed E-state index contributed by atoms with van der Waals surface area (Å²) in [6, 6.07) is 0. The average molecular weight is 284 g/mol. The van der Waals surface area contributed by atoms with E-state index in [1.165, 1.54) is 44.1 Å². The van der Waals surface area contributed by atoms with Gasteiger partial charge >= 0.3 is 0 Å². The highest BCUT2D eigenvalue weighted by molar-refractivity contribution is 5.35. The van der Waals surface area contributed by atoms with E-state index in [0.717, 1.165) is 30.6 Å². The molecular formula is C20H28O. The molecule has 0 aromatic rings. The van der Waals surface area contributed by atoms with Crippen LogP contribution in [0.1, 0.15) is 58.3 Å². The number of rotatable bonds is 1. The summed E-state index contributed by atoms with van der Waals surface area (Å²) in [5.41, 5.74) is 5.32. The number of fused-ring (bicyclic) bond motifs is 4. The van der Waals surface area contributed by atoms with Gasteiger partial charge in [0.25, 0.3) is 0 Å². The van der Waals surface area contributed by atoms with Crippen molar-refractivity contribution in [3.8, 4) is 0 Å². The van der Waals surface area contributed by atoms with Crippen molar-refractivity contribution in [3.63, 3.8) is 0 Å². The predicted octanol–water partition coefficient (Wildman–Crippen LogP) is 4.79. The normalized spacial score (nSPS) is 45.5. The van der Waals surface area contributed by atoms with Gasteiger partial charge < -0.3 is 5.11 Å². The van der Waals surface area contributed by atoms with Gasteiger partial charge in [-0.25, -0.2) is 0 Å². The third-order valence-corrected chi connectivity index (χ3v) is 7.21. The van der Waals surface area contributed by atoms with Gasteiger partial charge in [-0.05, 0) is 80.1 Å². The van der Waals surface area contributed by atoms with E-state index < -0.39 is 0 Å². The van der Waals surface area contributed by atoms with Crippen molar-refractivity contribution in [1.82, 2.24) is 0 Å². The van der Waals surface area contributed by atoms with Crippen molar-refractivity contribution >= 4 is 0 Å². The van der Waals surface area contributed by atoms with E-state index in [2.05, 4.69) is 25.7 Å². The predicted molar refractivity (Wildman–Crippen MR) is 86.8 cm³/mol. The minimum atomic E-state index is -0.0605. The van der Waals surface area contributed by atoms with Gasteiger partial charge in [0.2, 0.25) is 0 Å². The minimum absolute atomic E-state index is 0.0605. The smallest absolute Gasteiger partial charge is 0.0580 e. The van der Waals surface area contributed by atoms with Crippen molar-refractivity contribution in [2.45, 2.75) is 64.4 Å². The number of hydrogen-bond acceptors (Lipinski definition) is 1. The van der Waals surface area contributed by atoms with Crippen LogP contribution in [0.15, 0.2) is 35.5 Å². The molecule has 0 bridgehead atoms. The average Bonchev–Trinajstić information content (AvgIpc) is 2.83. The Kier molecular flexibility index (Phi) is 3.19. The molecule has 1 fully saturated rings. The molecule has 5 atom stereocenters. The Hall–Kier alpha value is -0.820. The van der Waals surface area contributed by atoms with Crippen LogP contribution in [0.4, 0.5) is 0 Å². The molecule has 4 rings (SSSR count). The molecule has 0 saturated heterocycles. The van der Waals surface area contributed by atoms with Crippen molar-refractivity contribution in [3.05, 3.63) is 35.5 Å². The Morgan fingerprint density at radius 2 is 2.14 bits per heavy atom. The van der Waals surface area contributed by atoms with E-state index >= 15 is 0 Å². The van der Waals surface area contributed by atoms with E-state index in [1.54, 1.807) is 11.1 Å². The summed E-state index contributed by atoms with van der Waals surface area (Å²) in [6.45, 7) is 6.54. The zero-order chi connectivity index (χ0) is 14.6. The summed E-state index contributed by atoms with van der Waals surface area (Å²) in [4.78, 5) is 0. The Labute approximate surface area is 128 Å². The quantitative estimate of drug-likeness (QED) is 0.687. The molecular weight excluding hydrogens is 256 g/mol. The van der Waals surface area contributed by atoms with E-state index in [4.69, 9.17) is 0 Å². The summed E-state index contributed by atoms with van der Waals surface area (Å²) in [5.74, 6) is 2.55. The largest absolute Gasteiger partial charge is 0.393 e. The Morgan fingerprint density at radius 3 is 2.95 bits per heavy atom. The maximum absolute atomic E-state index is 9.95.